The van der Waals surface area contributed by atoms with E-state index in [1.54, 1.807) is 0 Å². The molecule has 1 heterocycles. The van der Waals surface area contributed by atoms with E-state index in [4.69, 9.17) is 9.47 Å². The van der Waals surface area contributed by atoms with Crippen molar-refractivity contribution in [2.75, 3.05) is 19.6 Å². The van der Waals surface area contributed by atoms with E-state index in [-0.39, 0.29) is 30.3 Å². The third-order valence-corrected chi connectivity index (χ3v) is 13.6. The van der Waals surface area contributed by atoms with Crippen molar-refractivity contribution in [1.82, 2.24) is 14.5 Å². The number of esters is 2. The molecule has 1 rings (SSSR count). The van der Waals surface area contributed by atoms with Crippen LogP contribution in [-0.2, 0) is 25.6 Å². The van der Waals surface area contributed by atoms with Crippen molar-refractivity contribution in [3.63, 3.8) is 0 Å². The number of unbranched alkanes of at least 4 members (excludes halogenated alkanes) is 25. The first kappa shape index (κ1) is 61.1. The van der Waals surface area contributed by atoms with Crippen LogP contribution in [0.5, 0.6) is 0 Å². The van der Waals surface area contributed by atoms with Crippen LogP contribution in [0, 0.1) is 0 Å². The topological polar surface area (TPSA) is 93.9 Å². The van der Waals surface area contributed by atoms with E-state index >= 15 is 0 Å². The lowest BCUT2D eigenvalue weighted by atomic mass is 10.0. The number of aromatic nitrogens is 2. The van der Waals surface area contributed by atoms with Gasteiger partial charge in [0.15, 0.2) is 0 Å². The third kappa shape index (κ3) is 40.8. The van der Waals surface area contributed by atoms with Crippen LogP contribution >= 0.6 is 0 Å². The highest BCUT2D eigenvalue weighted by Gasteiger charge is 2.17. The predicted molar refractivity (Wildman–Crippen MR) is 276 cm³/mol. The summed E-state index contributed by atoms with van der Waals surface area (Å²) in [4.78, 5) is 32.6. The van der Waals surface area contributed by atoms with Crippen LogP contribution in [-0.4, -0.2) is 69.4 Å². The molecule has 1 N–H and O–H groups in total. The molecule has 1 aromatic rings. The van der Waals surface area contributed by atoms with Gasteiger partial charge in [0.2, 0.25) is 0 Å². The number of aliphatic hydroxyl groups excluding tert-OH is 1. The van der Waals surface area contributed by atoms with Gasteiger partial charge < -0.3 is 24.0 Å². The molecule has 0 bridgehead atoms. The summed E-state index contributed by atoms with van der Waals surface area (Å²) in [5, 5.41) is 10.9. The van der Waals surface area contributed by atoms with Crippen molar-refractivity contribution in [2.45, 2.75) is 316 Å². The van der Waals surface area contributed by atoms with Crippen molar-refractivity contribution in [2.24, 2.45) is 0 Å². The molecule has 0 amide bonds. The summed E-state index contributed by atoms with van der Waals surface area (Å²) < 4.78 is 14.3. The van der Waals surface area contributed by atoms with Gasteiger partial charge in [-0.25, -0.2) is 4.98 Å². The average Bonchev–Trinajstić information content (AvgIpc) is 3.82. The molecule has 0 aliphatic heterocycles. The van der Waals surface area contributed by atoms with Gasteiger partial charge >= 0.3 is 11.9 Å². The molecule has 0 radical (unpaired) electrons. The lowest BCUT2D eigenvalue weighted by Crippen LogP contribution is -2.28. The van der Waals surface area contributed by atoms with Crippen LogP contribution in [0.1, 0.15) is 291 Å². The SMILES string of the molecule is CCCCCCCCC(CCCCCCCC)OC(=O)CCCCCCCN(CCCCn1ccnc1)CCCC(O)CCCC(=O)OC(CCCCCCCC)CCCCCCCC. The Balaban J connectivity index is 2.44. The van der Waals surface area contributed by atoms with Gasteiger partial charge in [0.1, 0.15) is 12.2 Å². The normalized spacial score (nSPS) is 12.2. The first-order chi connectivity index (χ1) is 31.9. The van der Waals surface area contributed by atoms with Gasteiger partial charge in [0, 0.05) is 31.8 Å². The Morgan fingerprint density at radius 2 is 0.831 bits per heavy atom. The van der Waals surface area contributed by atoms with Gasteiger partial charge in [-0.3, -0.25) is 9.59 Å². The highest BCUT2D eigenvalue weighted by molar-refractivity contribution is 5.69. The Labute approximate surface area is 403 Å². The molecule has 1 unspecified atom stereocenters. The zero-order chi connectivity index (χ0) is 47.1. The van der Waals surface area contributed by atoms with Gasteiger partial charge in [-0.15, -0.1) is 0 Å². The summed E-state index contributed by atoms with van der Waals surface area (Å²) in [5.74, 6) is -0.0607. The number of hydrogen-bond donors (Lipinski definition) is 1. The second-order valence-corrected chi connectivity index (χ2v) is 20.0. The number of carbonyl (C=O) groups excluding carboxylic acids is 2. The molecule has 1 aromatic heterocycles. The zero-order valence-corrected chi connectivity index (χ0v) is 43.7. The summed E-state index contributed by atoms with van der Waals surface area (Å²) in [6, 6.07) is 0. The molecule has 382 valence electrons. The lowest BCUT2D eigenvalue weighted by molar-refractivity contribution is -0.151. The Kier molecular flexibility index (Phi) is 44.3. The maximum atomic E-state index is 12.9. The molecular weight excluding hydrogens is 807 g/mol. The number of nitrogens with zero attached hydrogens (tertiary/aromatic N) is 3. The summed E-state index contributed by atoms with van der Waals surface area (Å²) in [6.45, 7) is 13.2. The van der Waals surface area contributed by atoms with Crippen LogP contribution in [0.25, 0.3) is 0 Å². The maximum absolute atomic E-state index is 12.9. The highest BCUT2D eigenvalue weighted by atomic mass is 16.5. The first-order valence-electron chi connectivity index (χ1n) is 28.7. The van der Waals surface area contributed by atoms with Crippen LogP contribution in [0.15, 0.2) is 18.7 Å². The highest BCUT2D eigenvalue weighted by Crippen LogP contribution is 2.21. The number of aryl methyl sites for hydroxylation is 1. The van der Waals surface area contributed by atoms with Crippen molar-refractivity contribution < 1.29 is 24.2 Å². The van der Waals surface area contributed by atoms with Gasteiger partial charge in [-0.1, -0.05) is 175 Å². The minimum absolute atomic E-state index is 0.0159. The Hall–Kier alpha value is -1.93. The van der Waals surface area contributed by atoms with Crippen LogP contribution in [0.3, 0.4) is 0 Å². The minimum atomic E-state index is -0.374. The molecule has 0 saturated carbocycles. The first-order valence-corrected chi connectivity index (χ1v) is 28.7. The predicted octanol–water partition coefficient (Wildman–Crippen LogP) is 16.4. The van der Waals surface area contributed by atoms with E-state index in [1.165, 1.54) is 148 Å². The Morgan fingerprint density at radius 1 is 0.462 bits per heavy atom. The molecule has 65 heavy (non-hydrogen) atoms. The van der Waals surface area contributed by atoms with E-state index in [1.807, 2.05) is 18.7 Å². The van der Waals surface area contributed by atoms with Crippen LogP contribution < -0.4 is 0 Å². The molecule has 1 atom stereocenters. The standard InChI is InChI=1S/C57H109N3O5/c1-5-9-13-17-22-28-40-54(41-29-23-18-14-10-6-2)64-56(62)44-32-26-21-27-33-47-59(48-34-35-49-60-51-46-58-52-60)50-37-39-53(61)38-36-45-57(63)65-55(42-30-24-19-15-11-7-3)43-31-25-20-16-12-8-4/h46,51-55,61H,5-45,47-50H2,1-4H3. The van der Waals surface area contributed by atoms with Gasteiger partial charge in [0.25, 0.3) is 0 Å². The monoisotopic (exact) mass is 916 g/mol. The molecule has 0 aromatic carbocycles. The summed E-state index contributed by atoms with van der Waals surface area (Å²) >= 11 is 0. The zero-order valence-electron chi connectivity index (χ0n) is 43.7. The molecule has 0 saturated heterocycles. The number of carbonyl (C=O) groups is 2. The lowest BCUT2D eigenvalue weighted by Gasteiger charge is -2.23. The Bertz CT molecular complexity index is 1100. The second kappa shape index (κ2) is 47.1. The van der Waals surface area contributed by atoms with Crippen molar-refractivity contribution in [3.05, 3.63) is 18.7 Å². The van der Waals surface area contributed by atoms with Crippen molar-refractivity contribution in [1.29, 1.82) is 0 Å². The number of aliphatic hydroxyl groups is 1. The second-order valence-electron chi connectivity index (χ2n) is 20.0. The molecule has 0 fully saturated rings. The summed E-state index contributed by atoms with van der Waals surface area (Å²) in [6.07, 6.45) is 51.9. The fourth-order valence-electron chi connectivity index (χ4n) is 9.32. The minimum Gasteiger partial charge on any atom is -0.462 e. The smallest absolute Gasteiger partial charge is 0.306 e. The number of hydrogen-bond acceptors (Lipinski definition) is 7. The molecule has 8 nitrogen and oxygen atoms in total. The quantitative estimate of drug-likeness (QED) is 0.0514. The van der Waals surface area contributed by atoms with E-state index < -0.39 is 0 Å². The number of ether oxygens (including phenoxy) is 2. The summed E-state index contributed by atoms with van der Waals surface area (Å²) in [7, 11) is 0. The van der Waals surface area contributed by atoms with E-state index in [0.717, 1.165) is 116 Å². The van der Waals surface area contributed by atoms with E-state index in [9.17, 15) is 14.7 Å². The van der Waals surface area contributed by atoms with E-state index in [2.05, 4.69) is 42.1 Å². The summed E-state index contributed by atoms with van der Waals surface area (Å²) in [5.41, 5.74) is 0. The third-order valence-electron chi connectivity index (χ3n) is 13.6. The van der Waals surface area contributed by atoms with Gasteiger partial charge in [-0.2, -0.15) is 0 Å². The molecule has 0 aliphatic carbocycles. The maximum Gasteiger partial charge on any atom is 0.306 e. The number of rotatable bonds is 51. The Morgan fingerprint density at radius 3 is 1.28 bits per heavy atom. The van der Waals surface area contributed by atoms with E-state index in [0.29, 0.717) is 25.7 Å². The molecule has 0 spiro atoms. The molecule has 8 heteroatoms. The van der Waals surface area contributed by atoms with Gasteiger partial charge in [-0.05, 0) is 122 Å². The van der Waals surface area contributed by atoms with Crippen molar-refractivity contribution >= 4 is 11.9 Å². The van der Waals surface area contributed by atoms with Gasteiger partial charge in [0.05, 0.1) is 12.4 Å². The molecular formula is C57H109N3O5. The fourth-order valence-corrected chi connectivity index (χ4v) is 9.32. The van der Waals surface area contributed by atoms with Crippen LogP contribution in [0.4, 0.5) is 0 Å². The number of imidazole rings is 1. The van der Waals surface area contributed by atoms with Crippen LogP contribution in [0.2, 0.25) is 0 Å². The molecule has 0 aliphatic rings. The fraction of sp³-hybridized carbons (Fsp3) is 0.912. The van der Waals surface area contributed by atoms with Crippen molar-refractivity contribution in [3.8, 4) is 0 Å². The average molecular weight is 917 g/mol. The largest absolute Gasteiger partial charge is 0.462 e.